The Balaban J connectivity index is 1.19. The number of hydrogen-bond acceptors (Lipinski definition) is 4. The fourth-order valence-electron chi connectivity index (χ4n) is 5.93. The highest BCUT2D eigenvalue weighted by molar-refractivity contribution is 7.14. The SMILES string of the molecule is CC[C@H]1CC[C@H](c2ccc(-c3ccc(-c4ccc(C[C@H](NC(=O)c5ccc(C(C)(C)C)s5)C(=O)O)cc4)cn3)cc2)CC1. The van der Waals surface area contributed by atoms with E-state index in [1.807, 2.05) is 36.5 Å². The third kappa shape index (κ3) is 7.61. The van der Waals surface area contributed by atoms with Crippen molar-refractivity contribution < 1.29 is 14.7 Å². The van der Waals surface area contributed by atoms with Crippen LogP contribution in [-0.4, -0.2) is 28.0 Å². The third-order valence-electron chi connectivity index (χ3n) is 8.76. The predicted molar refractivity (Wildman–Crippen MR) is 176 cm³/mol. The normalized spacial score (nSPS) is 17.8. The first-order valence-electron chi connectivity index (χ1n) is 15.4. The number of aliphatic carboxylic acids is 1. The Morgan fingerprint density at radius 3 is 2.09 bits per heavy atom. The van der Waals surface area contributed by atoms with Gasteiger partial charge >= 0.3 is 5.97 Å². The summed E-state index contributed by atoms with van der Waals surface area (Å²) in [5.74, 6) is 0.175. The van der Waals surface area contributed by atoms with Crippen molar-refractivity contribution in [2.24, 2.45) is 5.92 Å². The largest absolute Gasteiger partial charge is 0.480 e. The first kappa shape index (κ1) is 30.7. The molecule has 1 aliphatic carbocycles. The van der Waals surface area contributed by atoms with E-state index in [1.54, 1.807) is 6.07 Å². The zero-order valence-corrected chi connectivity index (χ0v) is 26.4. The van der Waals surface area contributed by atoms with Gasteiger partial charge in [0.15, 0.2) is 0 Å². The zero-order chi connectivity index (χ0) is 30.6. The zero-order valence-electron chi connectivity index (χ0n) is 25.6. The number of aromatic nitrogens is 1. The highest BCUT2D eigenvalue weighted by Crippen LogP contribution is 2.37. The van der Waals surface area contributed by atoms with Crippen LogP contribution in [0.3, 0.4) is 0 Å². The maximum Gasteiger partial charge on any atom is 0.326 e. The Kier molecular flexibility index (Phi) is 9.46. The minimum Gasteiger partial charge on any atom is -0.480 e. The molecule has 6 heteroatoms. The number of carboxylic acids is 1. The van der Waals surface area contributed by atoms with E-state index in [1.165, 1.54) is 49.0 Å². The second kappa shape index (κ2) is 13.3. The molecule has 0 saturated heterocycles. The second-order valence-corrected chi connectivity index (χ2v) is 13.9. The average molecular weight is 595 g/mol. The van der Waals surface area contributed by atoms with Crippen molar-refractivity contribution >= 4 is 23.2 Å². The van der Waals surface area contributed by atoms with Crippen molar-refractivity contribution in [2.45, 2.75) is 83.6 Å². The Morgan fingerprint density at radius 1 is 0.884 bits per heavy atom. The van der Waals surface area contributed by atoms with Crippen LogP contribution in [-0.2, 0) is 16.6 Å². The number of carbonyl (C=O) groups excluding carboxylic acids is 1. The topological polar surface area (TPSA) is 79.3 Å². The first-order valence-corrected chi connectivity index (χ1v) is 16.2. The monoisotopic (exact) mass is 594 g/mol. The minimum absolute atomic E-state index is 0.0640. The molecule has 224 valence electrons. The number of nitrogens with one attached hydrogen (secondary N) is 1. The van der Waals surface area contributed by atoms with Crippen LogP contribution < -0.4 is 5.32 Å². The van der Waals surface area contributed by atoms with Crippen LogP contribution >= 0.6 is 11.3 Å². The number of rotatable bonds is 9. The molecular weight excluding hydrogens is 552 g/mol. The lowest BCUT2D eigenvalue weighted by atomic mass is 9.78. The minimum atomic E-state index is -1.05. The van der Waals surface area contributed by atoms with Crippen LogP contribution in [0.15, 0.2) is 79.0 Å². The van der Waals surface area contributed by atoms with E-state index >= 15 is 0 Å². The lowest BCUT2D eigenvalue weighted by Crippen LogP contribution is -2.42. The van der Waals surface area contributed by atoms with Crippen LogP contribution in [0, 0.1) is 5.92 Å². The maximum absolute atomic E-state index is 12.8. The summed E-state index contributed by atoms with van der Waals surface area (Å²) in [5.41, 5.74) is 6.28. The molecule has 5 nitrogen and oxygen atoms in total. The fourth-order valence-corrected chi connectivity index (χ4v) is 6.89. The van der Waals surface area contributed by atoms with E-state index in [2.05, 4.69) is 69.4 Å². The van der Waals surface area contributed by atoms with Crippen molar-refractivity contribution in [1.29, 1.82) is 0 Å². The fraction of sp³-hybridized carbons (Fsp3) is 0.378. The summed E-state index contributed by atoms with van der Waals surface area (Å²) in [4.78, 5) is 31.1. The molecule has 1 atom stereocenters. The first-order chi connectivity index (χ1) is 20.6. The number of carboxylic acid groups (broad SMARTS) is 1. The van der Waals surface area contributed by atoms with Crippen LogP contribution in [0.4, 0.5) is 0 Å². The molecule has 2 aromatic heterocycles. The van der Waals surface area contributed by atoms with Gasteiger partial charge in [-0.15, -0.1) is 11.3 Å². The van der Waals surface area contributed by atoms with Crippen molar-refractivity contribution in [3.05, 3.63) is 99.9 Å². The number of carbonyl (C=O) groups is 2. The summed E-state index contributed by atoms with van der Waals surface area (Å²) >= 11 is 1.40. The van der Waals surface area contributed by atoms with Crippen LogP contribution in [0.1, 0.15) is 91.4 Å². The van der Waals surface area contributed by atoms with Crippen molar-refractivity contribution in [1.82, 2.24) is 10.3 Å². The summed E-state index contributed by atoms with van der Waals surface area (Å²) in [6.45, 7) is 8.57. The molecule has 4 aromatic rings. The van der Waals surface area contributed by atoms with Gasteiger partial charge in [0.25, 0.3) is 5.91 Å². The summed E-state index contributed by atoms with van der Waals surface area (Å²) in [6, 6.07) is 23.5. The molecule has 0 bridgehead atoms. The maximum atomic E-state index is 12.8. The van der Waals surface area contributed by atoms with E-state index in [-0.39, 0.29) is 17.7 Å². The predicted octanol–water partition coefficient (Wildman–Crippen LogP) is 8.88. The molecule has 2 aromatic carbocycles. The van der Waals surface area contributed by atoms with Gasteiger partial charge in [0.2, 0.25) is 0 Å². The standard InChI is InChI=1S/C37H42N2O3S/c1-5-24-6-10-26(11-7-24)27-14-16-29(17-15-27)31-19-18-30(23-38-31)28-12-8-25(9-13-28)22-32(36(41)42)39-35(40)33-20-21-34(43-33)37(2,3)4/h8-9,12-21,23-24,26,32H,5-7,10-11,22H2,1-4H3,(H,39,40)(H,41,42)/t24-,26-,32-/m0/s1. The van der Waals surface area contributed by atoms with Crippen molar-refractivity contribution in [2.75, 3.05) is 0 Å². The Labute approximate surface area is 259 Å². The molecule has 2 heterocycles. The van der Waals surface area contributed by atoms with Gasteiger partial charge in [0.1, 0.15) is 6.04 Å². The second-order valence-electron chi connectivity index (χ2n) is 12.9. The molecule has 1 amide bonds. The highest BCUT2D eigenvalue weighted by Gasteiger charge is 2.24. The number of pyridine rings is 1. The number of nitrogens with zero attached hydrogens (tertiary/aromatic N) is 1. The van der Waals surface area contributed by atoms with Gasteiger partial charge in [-0.3, -0.25) is 9.78 Å². The van der Waals surface area contributed by atoms with Gasteiger partial charge in [0.05, 0.1) is 10.6 Å². The third-order valence-corrected chi connectivity index (χ3v) is 10.3. The number of benzene rings is 2. The average Bonchev–Trinajstić information content (AvgIpc) is 3.53. The molecule has 2 N–H and O–H groups in total. The van der Waals surface area contributed by atoms with E-state index < -0.39 is 12.0 Å². The molecular formula is C37H42N2O3S. The summed E-state index contributed by atoms with van der Waals surface area (Å²) < 4.78 is 0. The molecule has 43 heavy (non-hydrogen) atoms. The molecule has 0 radical (unpaired) electrons. The molecule has 0 unspecified atom stereocenters. The number of thiophene rings is 1. The molecule has 5 rings (SSSR count). The van der Waals surface area contributed by atoms with Gasteiger partial charge < -0.3 is 10.4 Å². The van der Waals surface area contributed by atoms with Gasteiger partial charge in [-0.1, -0.05) is 88.7 Å². The molecule has 1 saturated carbocycles. The summed E-state index contributed by atoms with van der Waals surface area (Å²) in [7, 11) is 0. The van der Waals surface area contributed by atoms with E-state index in [4.69, 9.17) is 4.98 Å². The quantitative estimate of drug-likeness (QED) is 0.203. The Hall–Kier alpha value is -3.77. The summed E-state index contributed by atoms with van der Waals surface area (Å²) in [5, 5.41) is 12.5. The van der Waals surface area contributed by atoms with Gasteiger partial charge in [-0.25, -0.2) is 4.79 Å². The molecule has 0 spiro atoms. The van der Waals surface area contributed by atoms with Crippen LogP contribution in [0.5, 0.6) is 0 Å². The van der Waals surface area contributed by atoms with Gasteiger partial charge in [-0.05, 0) is 77.8 Å². The van der Waals surface area contributed by atoms with Crippen LogP contribution in [0.25, 0.3) is 22.4 Å². The lowest BCUT2D eigenvalue weighted by molar-refractivity contribution is -0.139. The van der Waals surface area contributed by atoms with Crippen LogP contribution in [0.2, 0.25) is 0 Å². The van der Waals surface area contributed by atoms with E-state index in [0.717, 1.165) is 38.7 Å². The van der Waals surface area contributed by atoms with E-state index in [0.29, 0.717) is 10.8 Å². The van der Waals surface area contributed by atoms with E-state index in [9.17, 15) is 14.7 Å². The molecule has 1 fully saturated rings. The van der Waals surface area contributed by atoms with Gasteiger partial charge in [-0.2, -0.15) is 0 Å². The molecule has 0 aliphatic heterocycles. The lowest BCUT2D eigenvalue weighted by Gasteiger charge is -2.28. The highest BCUT2D eigenvalue weighted by atomic mass is 32.1. The Morgan fingerprint density at radius 2 is 1.53 bits per heavy atom. The van der Waals surface area contributed by atoms with Crippen molar-refractivity contribution in [3.8, 4) is 22.4 Å². The number of amides is 1. The summed E-state index contributed by atoms with van der Waals surface area (Å²) in [6.07, 6.45) is 8.67. The molecule has 1 aliphatic rings. The number of hydrogen-bond donors (Lipinski definition) is 2. The Bertz CT molecular complexity index is 1520. The van der Waals surface area contributed by atoms with Crippen molar-refractivity contribution in [3.63, 3.8) is 0 Å². The van der Waals surface area contributed by atoms with Gasteiger partial charge in [0, 0.05) is 28.6 Å². The smallest absolute Gasteiger partial charge is 0.326 e.